The average Bonchev–Trinajstić information content (AvgIpc) is 3.00. The van der Waals surface area contributed by atoms with E-state index < -0.39 is 17.6 Å². The van der Waals surface area contributed by atoms with Crippen LogP contribution in [0.25, 0.3) is 0 Å². The van der Waals surface area contributed by atoms with Crippen LogP contribution in [0.1, 0.15) is 25.5 Å². The molecule has 1 aliphatic rings. The predicted octanol–water partition coefficient (Wildman–Crippen LogP) is -0.336. The van der Waals surface area contributed by atoms with Crippen molar-refractivity contribution in [3.05, 3.63) is 18.2 Å². The molecule has 0 bridgehead atoms. The number of hydrogen-bond acceptors (Lipinski definition) is 4. The summed E-state index contributed by atoms with van der Waals surface area (Å²) in [5, 5.41) is 14.9. The number of carbonyl (C=O) groups is 2. The minimum absolute atomic E-state index is 0.192. The zero-order valence-electron chi connectivity index (χ0n) is 10.8. The number of nitrogens with one attached hydrogen (secondary N) is 3. The Morgan fingerprint density at radius 2 is 2.42 bits per heavy atom. The van der Waals surface area contributed by atoms with Gasteiger partial charge in [-0.25, -0.2) is 9.78 Å². The van der Waals surface area contributed by atoms with Gasteiger partial charge in [0.05, 0.1) is 11.9 Å². The Kier molecular flexibility index (Phi) is 3.84. The summed E-state index contributed by atoms with van der Waals surface area (Å²) in [7, 11) is 0. The van der Waals surface area contributed by atoms with E-state index in [9.17, 15) is 14.7 Å². The molecule has 0 radical (unpaired) electrons. The molecular weight excluding hydrogens is 248 g/mol. The Balaban J connectivity index is 2.00. The molecule has 1 aliphatic heterocycles. The number of hydrogen-bond donors (Lipinski definition) is 4. The van der Waals surface area contributed by atoms with Gasteiger partial charge in [0.2, 0.25) is 5.91 Å². The Labute approximate surface area is 110 Å². The number of H-pyrrole nitrogens is 1. The average molecular weight is 266 g/mol. The van der Waals surface area contributed by atoms with Crippen molar-refractivity contribution in [3.8, 4) is 0 Å². The van der Waals surface area contributed by atoms with Crippen molar-refractivity contribution in [1.82, 2.24) is 20.6 Å². The van der Waals surface area contributed by atoms with Crippen molar-refractivity contribution in [2.75, 3.05) is 6.54 Å². The van der Waals surface area contributed by atoms with Crippen molar-refractivity contribution >= 4 is 11.9 Å². The number of imidazole rings is 1. The van der Waals surface area contributed by atoms with Gasteiger partial charge in [0.1, 0.15) is 6.04 Å². The van der Waals surface area contributed by atoms with E-state index in [1.165, 1.54) is 6.33 Å². The van der Waals surface area contributed by atoms with Crippen LogP contribution in [-0.2, 0) is 16.0 Å². The summed E-state index contributed by atoms with van der Waals surface area (Å²) in [6, 6.07) is -0.952. The monoisotopic (exact) mass is 266 g/mol. The van der Waals surface area contributed by atoms with Gasteiger partial charge in [0, 0.05) is 18.3 Å². The van der Waals surface area contributed by atoms with Crippen LogP contribution in [0.3, 0.4) is 0 Å². The highest BCUT2D eigenvalue weighted by Gasteiger charge is 2.37. The highest BCUT2D eigenvalue weighted by molar-refractivity contribution is 5.90. The summed E-state index contributed by atoms with van der Waals surface area (Å²) in [4.78, 5) is 30.0. The van der Waals surface area contributed by atoms with Gasteiger partial charge in [-0.2, -0.15) is 0 Å². The standard InChI is InChI=1S/C12H18N4O3/c1-12(3-2-4-15-12)11(19)16-9(10(17)18)5-8-6-13-7-14-8/h6-7,9,15H,2-5H2,1H3,(H,13,14)(H,16,19)(H,17,18). The van der Waals surface area contributed by atoms with E-state index in [0.29, 0.717) is 5.69 Å². The molecule has 1 amide bonds. The number of rotatable bonds is 5. The topological polar surface area (TPSA) is 107 Å². The van der Waals surface area contributed by atoms with Gasteiger partial charge < -0.3 is 20.7 Å². The second-order valence-electron chi connectivity index (χ2n) is 5.01. The second-order valence-corrected chi connectivity index (χ2v) is 5.01. The molecule has 1 saturated heterocycles. The first-order valence-corrected chi connectivity index (χ1v) is 6.27. The number of nitrogens with zero attached hydrogens (tertiary/aromatic N) is 1. The lowest BCUT2D eigenvalue weighted by Gasteiger charge is -2.25. The minimum atomic E-state index is -1.05. The molecule has 1 aromatic rings. The summed E-state index contributed by atoms with van der Waals surface area (Å²) < 4.78 is 0. The molecule has 104 valence electrons. The van der Waals surface area contributed by atoms with Gasteiger partial charge in [0.25, 0.3) is 0 Å². The van der Waals surface area contributed by atoms with Crippen LogP contribution in [0.15, 0.2) is 12.5 Å². The fourth-order valence-electron chi connectivity index (χ4n) is 2.22. The van der Waals surface area contributed by atoms with Crippen molar-refractivity contribution < 1.29 is 14.7 Å². The van der Waals surface area contributed by atoms with E-state index in [1.807, 2.05) is 0 Å². The van der Waals surface area contributed by atoms with Gasteiger partial charge in [-0.1, -0.05) is 0 Å². The van der Waals surface area contributed by atoms with Crippen LogP contribution >= 0.6 is 0 Å². The molecule has 1 aromatic heterocycles. The third kappa shape index (κ3) is 3.11. The Morgan fingerprint density at radius 1 is 1.63 bits per heavy atom. The number of amides is 1. The summed E-state index contributed by atoms with van der Waals surface area (Å²) in [5.74, 6) is -1.32. The predicted molar refractivity (Wildman–Crippen MR) is 67.5 cm³/mol. The smallest absolute Gasteiger partial charge is 0.326 e. The quantitative estimate of drug-likeness (QED) is 0.583. The minimum Gasteiger partial charge on any atom is -0.480 e. The second kappa shape index (κ2) is 5.40. The summed E-state index contributed by atoms with van der Waals surface area (Å²) in [6.07, 6.45) is 4.86. The molecule has 2 atom stereocenters. The fraction of sp³-hybridized carbons (Fsp3) is 0.583. The van der Waals surface area contributed by atoms with E-state index in [4.69, 9.17) is 0 Å². The lowest BCUT2D eigenvalue weighted by Crippen LogP contribution is -2.55. The first-order valence-electron chi connectivity index (χ1n) is 6.27. The third-order valence-corrected chi connectivity index (χ3v) is 3.45. The number of aromatic amines is 1. The maximum absolute atomic E-state index is 12.1. The first-order chi connectivity index (χ1) is 9.01. The summed E-state index contributed by atoms with van der Waals surface area (Å²) >= 11 is 0. The molecule has 0 aromatic carbocycles. The van der Waals surface area contributed by atoms with Crippen molar-refractivity contribution in [1.29, 1.82) is 0 Å². The molecule has 2 rings (SSSR count). The van der Waals surface area contributed by atoms with Crippen LogP contribution in [-0.4, -0.2) is 45.1 Å². The van der Waals surface area contributed by atoms with Crippen molar-refractivity contribution in [2.45, 2.75) is 37.8 Å². The Bertz CT molecular complexity index is 452. The van der Waals surface area contributed by atoms with E-state index in [-0.39, 0.29) is 12.3 Å². The van der Waals surface area contributed by atoms with Crippen LogP contribution in [0, 0.1) is 0 Å². The molecule has 4 N–H and O–H groups in total. The lowest BCUT2D eigenvalue weighted by molar-refractivity contribution is -0.142. The lowest BCUT2D eigenvalue weighted by atomic mass is 9.98. The SMILES string of the molecule is CC1(C(=O)NC(Cc2cnc[nH]2)C(=O)O)CCCN1. The van der Waals surface area contributed by atoms with Crippen LogP contribution in [0.2, 0.25) is 0 Å². The fourth-order valence-corrected chi connectivity index (χ4v) is 2.22. The first kappa shape index (κ1) is 13.5. The van der Waals surface area contributed by atoms with E-state index in [2.05, 4.69) is 20.6 Å². The molecule has 1 fully saturated rings. The molecule has 19 heavy (non-hydrogen) atoms. The molecule has 2 heterocycles. The van der Waals surface area contributed by atoms with Crippen LogP contribution < -0.4 is 10.6 Å². The number of aliphatic carboxylic acids is 1. The number of carbonyl (C=O) groups excluding carboxylic acids is 1. The highest BCUT2D eigenvalue weighted by atomic mass is 16.4. The normalized spacial score (nSPS) is 24.1. The largest absolute Gasteiger partial charge is 0.480 e. The van der Waals surface area contributed by atoms with Gasteiger partial charge in [0.15, 0.2) is 0 Å². The van der Waals surface area contributed by atoms with E-state index in [1.54, 1.807) is 13.1 Å². The Morgan fingerprint density at radius 3 is 2.95 bits per heavy atom. The van der Waals surface area contributed by atoms with Gasteiger partial charge in [-0.3, -0.25) is 4.79 Å². The van der Waals surface area contributed by atoms with Gasteiger partial charge >= 0.3 is 5.97 Å². The number of carboxylic acid groups (broad SMARTS) is 1. The summed E-state index contributed by atoms with van der Waals surface area (Å²) in [6.45, 7) is 2.58. The van der Waals surface area contributed by atoms with Gasteiger partial charge in [-0.05, 0) is 26.3 Å². The Hall–Kier alpha value is -1.89. The third-order valence-electron chi connectivity index (χ3n) is 3.45. The zero-order chi connectivity index (χ0) is 13.9. The van der Waals surface area contributed by atoms with Crippen molar-refractivity contribution in [3.63, 3.8) is 0 Å². The molecule has 2 unspecified atom stereocenters. The van der Waals surface area contributed by atoms with Gasteiger partial charge in [-0.15, -0.1) is 0 Å². The molecule has 0 saturated carbocycles. The molecule has 0 aliphatic carbocycles. The molecular formula is C12H18N4O3. The maximum atomic E-state index is 12.1. The number of aromatic nitrogens is 2. The highest BCUT2D eigenvalue weighted by Crippen LogP contribution is 2.18. The van der Waals surface area contributed by atoms with Crippen LogP contribution in [0.5, 0.6) is 0 Å². The van der Waals surface area contributed by atoms with Crippen molar-refractivity contribution in [2.24, 2.45) is 0 Å². The zero-order valence-corrected chi connectivity index (χ0v) is 10.8. The van der Waals surface area contributed by atoms with Crippen LogP contribution in [0.4, 0.5) is 0 Å². The molecule has 7 nitrogen and oxygen atoms in total. The molecule has 7 heteroatoms. The molecule has 0 spiro atoms. The van der Waals surface area contributed by atoms with E-state index >= 15 is 0 Å². The van der Waals surface area contributed by atoms with E-state index in [0.717, 1.165) is 19.4 Å². The maximum Gasteiger partial charge on any atom is 0.326 e. The number of carboxylic acids is 1. The summed E-state index contributed by atoms with van der Waals surface area (Å²) in [5.41, 5.74) is 0.0130.